The SMILES string of the molecule is CC1(C)OB(c2ccc(Cl)c(NC(=O)NC3CC3)c2)OC1(C)C. The van der Waals surface area contributed by atoms with Crippen LogP contribution in [0.2, 0.25) is 5.02 Å². The van der Waals surface area contributed by atoms with Crippen LogP contribution in [0.15, 0.2) is 18.2 Å². The van der Waals surface area contributed by atoms with E-state index in [2.05, 4.69) is 10.6 Å². The zero-order valence-electron chi connectivity index (χ0n) is 13.9. The molecule has 0 atom stereocenters. The van der Waals surface area contributed by atoms with Gasteiger partial charge in [-0.25, -0.2) is 4.79 Å². The van der Waals surface area contributed by atoms with Crippen LogP contribution in [-0.2, 0) is 9.31 Å². The average molecular weight is 337 g/mol. The first-order valence-corrected chi connectivity index (χ1v) is 8.28. The number of nitrogens with one attached hydrogen (secondary N) is 2. The van der Waals surface area contributed by atoms with Gasteiger partial charge >= 0.3 is 13.1 Å². The van der Waals surface area contributed by atoms with E-state index in [1.165, 1.54) is 0 Å². The zero-order valence-corrected chi connectivity index (χ0v) is 14.7. The summed E-state index contributed by atoms with van der Waals surface area (Å²) >= 11 is 6.19. The molecule has 2 N–H and O–H groups in total. The minimum Gasteiger partial charge on any atom is -0.399 e. The lowest BCUT2D eigenvalue weighted by Crippen LogP contribution is -2.41. The number of anilines is 1. The number of hydrogen-bond donors (Lipinski definition) is 2. The molecule has 7 heteroatoms. The van der Waals surface area contributed by atoms with Gasteiger partial charge in [0.25, 0.3) is 0 Å². The maximum absolute atomic E-state index is 11.9. The largest absolute Gasteiger partial charge is 0.494 e. The number of rotatable bonds is 3. The molecule has 2 fully saturated rings. The molecule has 124 valence electrons. The van der Waals surface area contributed by atoms with Gasteiger partial charge in [-0.3, -0.25) is 0 Å². The van der Waals surface area contributed by atoms with Crippen LogP contribution in [0.1, 0.15) is 40.5 Å². The van der Waals surface area contributed by atoms with E-state index in [4.69, 9.17) is 20.9 Å². The lowest BCUT2D eigenvalue weighted by Gasteiger charge is -2.32. The molecule has 5 nitrogen and oxygen atoms in total. The number of hydrogen-bond acceptors (Lipinski definition) is 3. The van der Waals surface area contributed by atoms with Crippen LogP contribution in [-0.4, -0.2) is 30.4 Å². The Morgan fingerprint density at radius 1 is 1.22 bits per heavy atom. The second kappa shape index (κ2) is 5.69. The van der Waals surface area contributed by atoms with Gasteiger partial charge in [0.15, 0.2) is 0 Å². The van der Waals surface area contributed by atoms with Crippen molar-refractivity contribution in [2.45, 2.75) is 57.8 Å². The van der Waals surface area contributed by atoms with Gasteiger partial charge in [0.05, 0.1) is 21.9 Å². The molecule has 2 amide bonds. The Kier molecular flexibility index (Phi) is 4.11. The van der Waals surface area contributed by atoms with E-state index in [0.717, 1.165) is 18.3 Å². The highest BCUT2D eigenvalue weighted by Gasteiger charge is 2.51. The van der Waals surface area contributed by atoms with Crippen molar-refractivity contribution in [2.75, 3.05) is 5.32 Å². The van der Waals surface area contributed by atoms with Gasteiger partial charge in [0.2, 0.25) is 0 Å². The Morgan fingerprint density at radius 2 is 1.83 bits per heavy atom. The summed E-state index contributed by atoms with van der Waals surface area (Å²) in [5.41, 5.74) is 0.564. The second-order valence-electron chi connectivity index (χ2n) is 7.20. The normalized spacial score (nSPS) is 22.0. The number of benzene rings is 1. The van der Waals surface area contributed by atoms with E-state index in [1.54, 1.807) is 12.1 Å². The van der Waals surface area contributed by atoms with Crippen molar-refractivity contribution in [3.8, 4) is 0 Å². The number of carbonyl (C=O) groups is 1. The van der Waals surface area contributed by atoms with Crippen molar-refractivity contribution in [1.82, 2.24) is 5.32 Å². The van der Waals surface area contributed by atoms with Gasteiger partial charge in [-0.1, -0.05) is 17.7 Å². The Bertz CT molecular complexity index is 616. The maximum atomic E-state index is 11.9. The molecular formula is C16H22BClN2O3. The van der Waals surface area contributed by atoms with Crippen molar-refractivity contribution < 1.29 is 14.1 Å². The van der Waals surface area contributed by atoms with Crippen LogP contribution < -0.4 is 16.1 Å². The number of carbonyl (C=O) groups excluding carboxylic acids is 1. The summed E-state index contributed by atoms with van der Waals surface area (Å²) in [6.07, 6.45) is 2.07. The summed E-state index contributed by atoms with van der Waals surface area (Å²) in [5.74, 6) is 0. The first-order valence-electron chi connectivity index (χ1n) is 7.90. The first-order chi connectivity index (χ1) is 10.7. The topological polar surface area (TPSA) is 59.6 Å². The van der Waals surface area contributed by atoms with Gasteiger partial charge in [-0.2, -0.15) is 0 Å². The fourth-order valence-corrected chi connectivity index (χ4v) is 2.50. The highest BCUT2D eigenvalue weighted by molar-refractivity contribution is 6.62. The highest BCUT2D eigenvalue weighted by atomic mass is 35.5. The van der Waals surface area contributed by atoms with Gasteiger partial charge in [0, 0.05) is 6.04 Å². The van der Waals surface area contributed by atoms with E-state index in [9.17, 15) is 4.79 Å². The van der Waals surface area contributed by atoms with E-state index in [-0.39, 0.29) is 6.03 Å². The Labute approximate surface area is 142 Å². The molecule has 0 radical (unpaired) electrons. The Morgan fingerprint density at radius 3 is 2.39 bits per heavy atom. The van der Waals surface area contributed by atoms with Gasteiger partial charge in [0.1, 0.15) is 0 Å². The molecule has 3 rings (SSSR count). The lowest BCUT2D eigenvalue weighted by molar-refractivity contribution is 0.00578. The fourth-order valence-electron chi connectivity index (χ4n) is 2.34. The minimum absolute atomic E-state index is 0.236. The third-order valence-electron chi connectivity index (χ3n) is 4.68. The first kappa shape index (κ1) is 16.6. The van der Waals surface area contributed by atoms with E-state index < -0.39 is 18.3 Å². The van der Waals surface area contributed by atoms with Gasteiger partial charge in [-0.05, 0) is 58.1 Å². The van der Waals surface area contributed by atoms with Crippen molar-refractivity contribution in [1.29, 1.82) is 0 Å². The molecule has 0 unspecified atom stereocenters. The van der Waals surface area contributed by atoms with E-state index in [1.807, 2.05) is 33.8 Å². The zero-order chi connectivity index (χ0) is 16.8. The van der Waals surface area contributed by atoms with Crippen molar-refractivity contribution in [2.24, 2.45) is 0 Å². The molecule has 0 aromatic heterocycles. The minimum atomic E-state index is -0.482. The maximum Gasteiger partial charge on any atom is 0.494 e. The molecule has 23 heavy (non-hydrogen) atoms. The summed E-state index contributed by atoms with van der Waals surface area (Å²) in [6.45, 7) is 8.02. The van der Waals surface area contributed by atoms with Crippen molar-refractivity contribution >= 4 is 35.9 Å². The summed E-state index contributed by atoms with van der Waals surface area (Å²) in [6, 6.07) is 5.46. The molecule has 1 heterocycles. The van der Waals surface area contributed by atoms with Gasteiger partial charge < -0.3 is 19.9 Å². The fraction of sp³-hybridized carbons (Fsp3) is 0.562. The molecule has 1 saturated heterocycles. The van der Waals surface area contributed by atoms with Crippen LogP contribution in [0.4, 0.5) is 10.5 Å². The third-order valence-corrected chi connectivity index (χ3v) is 5.01. The summed E-state index contributed by atoms with van der Waals surface area (Å²) in [7, 11) is -0.482. The number of amides is 2. The highest BCUT2D eigenvalue weighted by Crippen LogP contribution is 2.36. The van der Waals surface area contributed by atoms with Crippen LogP contribution >= 0.6 is 11.6 Å². The molecule has 1 aliphatic carbocycles. The van der Waals surface area contributed by atoms with E-state index >= 15 is 0 Å². The molecule has 1 saturated carbocycles. The third kappa shape index (κ3) is 3.49. The summed E-state index contributed by atoms with van der Waals surface area (Å²) < 4.78 is 12.1. The van der Waals surface area contributed by atoms with Crippen molar-refractivity contribution in [3.63, 3.8) is 0 Å². The smallest absolute Gasteiger partial charge is 0.399 e. The quantitative estimate of drug-likeness (QED) is 0.834. The van der Waals surface area contributed by atoms with Gasteiger partial charge in [-0.15, -0.1) is 0 Å². The number of halogens is 1. The van der Waals surface area contributed by atoms with Crippen LogP contribution in [0.25, 0.3) is 0 Å². The molecule has 0 bridgehead atoms. The summed E-state index contributed by atoms with van der Waals surface area (Å²) in [5, 5.41) is 6.15. The molecule has 2 aliphatic rings. The summed E-state index contributed by atoms with van der Waals surface area (Å²) in [4.78, 5) is 11.9. The molecule has 1 aromatic rings. The van der Waals surface area contributed by atoms with Crippen LogP contribution in [0.5, 0.6) is 0 Å². The van der Waals surface area contributed by atoms with E-state index in [0.29, 0.717) is 16.8 Å². The molecule has 0 spiro atoms. The predicted molar refractivity (Wildman–Crippen MR) is 92.3 cm³/mol. The monoisotopic (exact) mass is 336 g/mol. The molecule has 1 aromatic carbocycles. The van der Waals surface area contributed by atoms with Crippen LogP contribution in [0.3, 0.4) is 0 Å². The number of urea groups is 1. The molecule has 1 aliphatic heterocycles. The molecular weight excluding hydrogens is 314 g/mol. The standard InChI is InChI=1S/C16H22BClN2O3/c1-15(2)16(3,4)23-17(22-15)10-5-8-12(18)13(9-10)20-14(21)19-11-6-7-11/h5,8-9,11H,6-7H2,1-4H3,(H2,19,20,21). The predicted octanol–water partition coefficient (Wildman–Crippen LogP) is 2.92. The average Bonchev–Trinajstić information content (AvgIpc) is 3.19. The Balaban J connectivity index is 1.76. The Hall–Kier alpha value is -1.24. The van der Waals surface area contributed by atoms with Crippen molar-refractivity contribution in [3.05, 3.63) is 23.2 Å². The second-order valence-corrected chi connectivity index (χ2v) is 7.61. The lowest BCUT2D eigenvalue weighted by atomic mass is 9.79. The van der Waals surface area contributed by atoms with Crippen LogP contribution in [0, 0.1) is 0 Å².